The highest BCUT2D eigenvalue weighted by molar-refractivity contribution is 6.00. The van der Waals surface area contributed by atoms with Crippen molar-refractivity contribution in [2.45, 2.75) is 38.3 Å². The Hall–Kier alpha value is -3.22. The molecule has 1 aliphatic heterocycles. The van der Waals surface area contributed by atoms with Crippen molar-refractivity contribution in [2.75, 3.05) is 12.4 Å². The number of likely N-dealkylation sites (tertiary alicyclic amines) is 1. The van der Waals surface area contributed by atoms with E-state index in [1.54, 1.807) is 42.5 Å². The summed E-state index contributed by atoms with van der Waals surface area (Å²) in [5, 5.41) is 5.89. The quantitative estimate of drug-likeness (QED) is 0.818. The van der Waals surface area contributed by atoms with Crippen LogP contribution in [0.3, 0.4) is 0 Å². The van der Waals surface area contributed by atoms with Crippen molar-refractivity contribution in [3.05, 3.63) is 59.4 Å². The van der Waals surface area contributed by atoms with Crippen molar-refractivity contribution in [1.82, 2.24) is 15.2 Å². The molecule has 2 fully saturated rings. The average molecular weight is 392 g/mol. The Balaban J connectivity index is 1.55. The Kier molecular flexibility index (Phi) is 5.05. The van der Waals surface area contributed by atoms with Crippen LogP contribution in [0.4, 0.5) is 5.69 Å². The summed E-state index contributed by atoms with van der Waals surface area (Å²) in [6.45, 7) is 1.88. The van der Waals surface area contributed by atoms with E-state index in [9.17, 15) is 14.4 Å². The van der Waals surface area contributed by atoms with Gasteiger partial charge in [0.15, 0.2) is 0 Å². The number of benzene rings is 1. The van der Waals surface area contributed by atoms with Crippen LogP contribution in [0, 0.1) is 12.8 Å². The number of anilines is 1. The van der Waals surface area contributed by atoms with E-state index >= 15 is 0 Å². The topological polar surface area (TPSA) is 91.4 Å². The summed E-state index contributed by atoms with van der Waals surface area (Å²) in [4.78, 5) is 43.5. The predicted octanol–water partition coefficient (Wildman–Crippen LogP) is 2.44. The van der Waals surface area contributed by atoms with Crippen LogP contribution >= 0.6 is 0 Å². The number of carbonyl (C=O) groups excluding carboxylic acids is 3. The van der Waals surface area contributed by atoms with Gasteiger partial charge in [-0.25, -0.2) is 0 Å². The maximum absolute atomic E-state index is 13.1. The van der Waals surface area contributed by atoms with Gasteiger partial charge < -0.3 is 15.5 Å². The van der Waals surface area contributed by atoms with Crippen LogP contribution in [0.5, 0.6) is 0 Å². The van der Waals surface area contributed by atoms with E-state index in [-0.39, 0.29) is 36.2 Å². The number of carbonyl (C=O) groups is 3. The first-order chi connectivity index (χ1) is 13.9. The molecule has 2 aromatic rings. The number of aryl methyl sites for hydroxylation is 1. The summed E-state index contributed by atoms with van der Waals surface area (Å²) >= 11 is 0. The van der Waals surface area contributed by atoms with E-state index in [2.05, 4.69) is 15.6 Å². The molecule has 0 radical (unpaired) electrons. The molecule has 3 amide bonds. The number of nitrogens with one attached hydrogen (secondary N) is 2. The summed E-state index contributed by atoms with van der Waals surface area (Å²) in [7, 11) is 1.71. The van der Waals surface area contributed by atoms with Gasteiger partial charge in [-0.15, -0.1) is 0 Å². The SMILES string of the molecule is Cc1ccc(C(=O)NC2CC2)cc1NC(=O)[C@H]1CC(=O)N(C)[C@@H]1c1cccnc1. The van der Waals surface area contributed by atoms with Crippen molar-refractivity contribution in [3.8, 4) is 0 Å². The Bertz CT molecular complexity index is 956. The fourth-order valence-corrected chi connectivity index (χ4v) is 3.73. The van der Waals surface area contributed by atoms with Crippen LogP contribution < -0.4 is 10.6 Å². The van der Waals surface area contributed by atoms with Crippen LogP contribution in [0.1, 0.15) is 46.8 Å². The number of pyridine rings is 1. The molecule has 0 spiro atoms. The smallest absolute Gasteiger partial charge is 0.251 e. The van der Waals surface area contributed by atoms with E-state index in [0.717, 1.165) is 24.0 Å². The van der Waals surface area contributed by atoms with Crippen molar-refractivity contribution < 1.29 is 14.4 Å². The standard InChI is InChI=1S/C22H24N4O3/c1-13-5-6-14(21(28)24-16-7-8-16)10-18(13)25-22(29)17-11-19(27)26(2)20(17)15-4-3-9-23-12-15/h3-6,9-10,12,16-17,20H,7-8,11H2,1-2H3,(H,24,28)(H,25,29)/t17-,20+/m0/s1. The summed E-state index contributed by atoms with van der Waals surface area (Å²) in [6, 6.07) is 8.86. The minimum Gasteiger partial charge on any atom is -0.349 e. The Morgan fingerprint density at radius 3 is 2.69 bits per heavy atom. The van der Waals surface area contributed by atoms with Gasteiger partial charge in [0.1, 0.15) is 0 Å². The molecule has 0 bridgehead atoms. The number of rotatable bonds is 5. The first-order valence-electron chi connectivity index (χ1n) is 9.82. The van der Waals surface area contributed by atoms with Gasteiger partial charge in [0.25, 0.3) is 5.91 Å². The molecule has 2 aliphatic rings. The van der Waals surface area contributed by atoms with Crippen LogP contribution in [0.25, 0.3) is 0 Å². The molecule has 1 saturated heterocycles. The van der Waals surface area contributed by atoms with Crippen LogP contribution in [-0.2, 0) is 9.59 Å². The minimum absolute atomic E-state index is 0.0757. The van der Waals surface area contributed by atoms with Crippen LogP contribution in [0.15, 0.2) is 42.7 Å². The van der Waals surface area contributed by atoms with Crippen molar-refractivity contribution in [2.24, 2.45) is 5.92 Å². The van der Waals surface area contributed by atoms with E-state index in [1.807, 2.05) is 19.1 Å². The lowest BCUT2D eigenvalue weighted by Gasteiger charge is -2.24. The lowest BCUT2D eigenvalue weighted by atomic mass is 9.93. The molecule has 150 valence electrons. The highest BCUT2D eigenvalue weighted by Crippen LogP contribution is 2.37. The van der Waals surface area contributed by atoms with Gasteiger partial charge in [-0.3, -0.25) is 19.4 Å². The zero-order chi connectivity index (χ0) is 20.5. The van der Waals surface area contributed by atoms with Gasteiger partial charge in [0, 0.05) is 43.2 Å². The largest absolute Gasteiger partial charge is 0.349 e. The Morgan fingerprint density at radius 2 is 2.00 bits per heavy atom. The molecule has 2 N–H and O–H groups in total. The third-order valence-electron chi connectivity index (χ3n) is 5.62. The molecule has 2 atom stereocenters. The molecule has 1 aromatic heterocycles. The third kappa shape index (κ3) is 3.99. The van der Waals surface area contributed by atoms with Crippen LogP contribution in [0.2, 0.25) is 0 Å². The highest BCUT2D eigenvalue weighted by atomic mass is 16.2. The second-order valence-electron chi connectivity index (χ2n) is 7.81. The third-order valence-corrected chi connectivity index (χ3v) is 5.62. The fraction of sp³-hybridized carbons (Fsp3) is 0.364. The number of hydrogen-bond donors (Lipinski definition) is 2. The van der Waals surface area contributed by atoms with E-state index < -0.39 is 5.92 Å². The summed E-state index contributed by atoms with van der Waals surface area (Å²) in [6.07, 6.45) is 5.52. The Morgan fingerprint density at radius 1 is 1.21 bits per heavy atom. The first kappa shape index (κ1) is 19.1. The van der Waals surface area contributed by atoms with Gasteiger partial charge >= 0.3 is 0 Å². The van der Waals surface area contributed by atoms with Gasteiger partial charge in [0.2, 0.25) is 11.8 Å². The fourth-order valence-electron chi connectivity index (χ4n) is 3.73. The van der Waals surface area contributed by atoms with E-state index in [4.69, 9.17) is 0 Å². The zero-order valence-corrected chi connectivity index (χ0v) is 16.5. The number of amides is 3. The van der Waals surface area contributed by atoms with Gasteiger partial charge in [0.05, 0.1) is 12.0 Å². The van der Waals surface area contributed by atoms with Gasteiger partial charge in [-0.2, -0.15) is 0 Å². The molecule has 2 heterocycles. The van der Waals surface area contributed by atoms with E-state index in [0.29, 0.717) is 11.3 Å². The maximum Gasteiger partial charge on any atom is 0.251 e. The molecular formula is C22H24N4O3. The second kappa shape index (κ2) is 7.66. The van der Waals surface area contributed by atoms with E-state index in [1.165, 1.54) is 0 Å². The molecule has 1 saturated carbocycles. The van der Waals surface area contributed by atoms with Crippen molar-refractivity contribution in [1.29, 1.82) is 0 Å². The lowest BCUT2D eigenvalue weighted by molar-refractivity contribution is -0.128. The van der Waals surface area contributed by atoms with Gasteiger partial charge in [-0.05, 0) is 49.1 Å². The molecule has 1 aliphatic carbocycles. The monoisotopic (exact) mass is 392 g/mol. The number of aromatic nitrogens is 1. The zero-order valence-electron chi connectivity index (χ0n) is 16.5. The minimum atomic E-state index is -0.528. The summed E-state index contributed by atoms with van der Waals surface area (Å²) in [5.74, 6) is -0.972. The normalized spacial score (nSPS) is 21.2. The molecule has 29 heavy (non-hydrogen) atoms. The lowest BCUT2D eigenvalue weighted by Crippen LogP contribution is -2.30. The predicted molar refractivity (Wildman–Crippen MR) is 108 cm³/mol. The highest BCUT2D eigenvalue weighted by Gasteiger charge is 2.42. The van der Waals surface area contributed by atoms with Crippen molar-refractivity contribution >= 4 is 23.4 Å². The molecule has 0 unspecified atom stereocenters. The number of hydrogen-bond acceptors (Lipinski definition) is 4. The molecule has 7 heteroatoms. The maximum atomic E-state index is 13.1. The van der Waals surface area contributed by atoms with Crippen LogP contribution in [-0.4, -0.2) is 40.7 Å². The average Bonchev–Trinajstić information content (AvgIpc) is 3.48. The number of nitrogens with zero attached hydrogens (tertiary/aromatic N) is 2. The first-order valence-corrected chi connectivity index (χ1v) is 9.82. The van der Waals surface area contributed by atoms with Gasteiger partial charge in [-0.1, -0.05) is 12.1 Å². The second-order valence-corrected chi connectivity index (χ2v) is 7.81. The molecule has 4 rings (SSSR count). The molecule has 1 aromatic carbocycles. The summed E-state index contributed by atoms with van der Waals surface area (Å²) in [5.41, 5.74) is 2.79. The summed E-state index contributed by atoms with van der Waals surface area (Å²) < 4.78 is 0. The Labute approximate surface area is 169 Å². The molecular weight excluding hydrogens is 368 g/mol. The van der Waals surface area contributed by atoms with Crippen molar-refractivity contribution in [3.63, 3.8) is 0 Å². The molecule has 7 nitrogen and oxygen atoms in total.